The van der Waals surface area contributed by atoms with Crippen LogP contribution in [-0.2, 0) is 0 Å². The van der Waals surface area contributed by atoms with E-state index in [1.54, 1.807) is 7.05 Å². The molecule has 0 spiro atoms. The molecule has 0 rings (SSSR count). The van der Waals surface area contributed by atoms with Crippen LogP contribution in [0.3, 0.4) is 0 Å². The highest BCUT2D eigenvalue weighted by Crippen LogP contribution is 2.07. The number of hydrogen-bond acceptors (Lipinski definition) is 2. The van der Waals surface area contributed by atoms with Crippen molar-refractivity contribution in [3.05, 3.63) is 0 Å². The molecule has 1 atom stereocenters. The van der Waals surface area contributed by atoms with E-state index in [2.05, 4.69) is 43.2 Å². The maximum atomic E-state index is 5.57. The van der Waals surface area contributed by atoms with E-state index >= 15 is 0 Å². The van der Waals surface area contributed by atoms with E-state index in [1.807, 2.05) is 0 Å². The molecule has 0 aromatic heterocycles. The lowest BCUT2D eigenvalue weighted by Crippen LogP contribution is -2.43. The molecule has 5 heteroatoms. The predicted octanol–water partition coefficient (Wildman–Crippen LogP) is 1.11. The zero-order valence-electron chi connectivity index (χ0n) is 10.4. The van der Waals surface area contributed by atoms with E-state index in [9.17, 15) is 0 Å². The molecular formula is C10H25IN4. The third kappa shape index (κ3) is 8.92. The molecule has 0 amide bonds. The van der Waals surface area contributed by atoms with Gasteiger partial charge in [0.25, 0.3) is 0 Å². The molecule has 0 saturated carbocycles. The summed E-state index contributed by atoms with van der Waals surface area (Å²) in [6, 6.07) is 0.510. The predicted molar refractivity (Wildman–Crippen MR) is 77.9 cm³/mol. The standard InChI is InChI=1S/C10H24N4.HI/c1-8(2)6-9(14(4)5)7-13-10(11)12-3;/h8-9H,6-7H2,1-5H3,(H3,11,12,13);1H. The number of nitrogens with one attached hydrogen (secondary N) is 1. The lowest BCUT2D eigenvalue weighted by Gasteiger charge is -2.26. The topological polar surface area (TPSA) is 53.6 Å². The highest BCUT2D eigenvalue weighted by Gasteiger charge is 2.12. The van der Waals surface area contributed by atoms with Crippen LogP contribution in [0.2, 0.25) is 0 Å². The van der Waals surface area contributed by atoms with Gasteiger partial charge in [-0.25, -0.2) is 0 Å². The van der Waals surface area contributed by atoms with Crippen LogP contribution in [0.1, 0.15) is 20.3 Å². The minimum absolute atomic E-state index is 0. The molecule has 15 heavy (non-hydrogen) atoms. The van der Waals surface area contributed by atoms with Crippen LogP contribution < -0.4 is 11.1 Å². The molecule has 3 N–H and O–H groups in total. The van der Waals surface area contributed by atoms with E-state index < -0.39 is 0 Å². The first-order chi connectivity index (χ1) is 6.47. The zero-order chi connectivity index (χ0) is 11.1. The van der Waals surface area contributed by atoms with Crippen LogP contribution in [-0.4, -0.2) is 44.6 Å². The van der Waals surface area contributed by atoms with Gasteiger partial charge in [-0.15, -0.1) is 24.0 Å². The maximum absolute atomic E-state index is 5.57. The van der Waals surface area contributed by atoms with Crippen molar-refractivity contribution < 1.29 is 0 Å². The third-order valence-corrected chi connectivity index (χ3v) is 2.23. The Morgan fingerprint density at radius 1 is 1.40 bits per heavy atom. The molecule has 0 aromatic rings. The first kappa shape index (κ1) is 17.4. The van der Waals surface area contributed by atoms with Gasteiger partial charge in [-0.1, -0.05) is 13.8 Å². The molecular weight excluding hydrogens is 303 g/mol. The fourth-order valence-electron chi connectivity index (χ4n) is 1.32. The smallest absolute Gasteiger partial charge is 0.188 e. The lowest BCUT2D eigenvalue weighted by atomic mass is 10.0. The van der Waals surface area contributed by atoms with Crippen LogP contribution in [0.25, 0.3) is 0 Å². The van der Waals surface area contributed by atoms with Crippen LogP contribution in [0, 0.1) is 5.92 Å². The van der Waals surface area contributed by atoms with Crippen LogP contribution in [0.5, 0.6) is 0 Å². The average molecular weight is 328 g/mol. The molecule has 4 nitrogen and oxygen atoms in total. The zero-order valence-corrected chi connectivity index (χ0v) is 12.8. The maximum Gasteiger partial charge on any atom is 0.188 e. The normalized spacial score (nSPS) is 13.9. The molecule has 0 fully saturated rings. The van der Waals surface area contributed by atoms with Gasteiger partial charge in [0.15, 0.2) is 5.96 Å². The Kier molecular flexibility index (Phi) is 10.7. The highest BCUT2D eigenvalue weighted by molar-refractivity contribution is 14.0. The Morgan fingerprint density at radius 3 is 2.27 bits per heavy atom. The fraction of sp³-hybridized carbons (Fsp3) is 0.900. The second-order valence-electron chi connectivity index (χ2n) is 4.24. The van der Waals surface area contributed by atoms with Gasteiger partial charge in [-0.2, -0.15) is 0 Å². The summed E-state index contributed by atoms with van der Waals surface area (Å²) in [6.45, 7) is 5.32. The van der Waals surface area contributed by atoms with Gasteiger partial charge in [0.2, 0.25) is 0 Å². The van der Waals surface area contributed by atoms with Gasteiger partial charge < -0.3 is 16.0 Å². The average Bonchev–Trinajstić information content (AvgIpc) is 2.10. The van der Waals surface area contributed by atoms with Crippen molar-refractivity contribution >= 4 is 29.9 Å². The Morgan fingerprint density at radius 2 is 1.93 bits per heavy atom. The Hall–Kier alpha value is -0.0400. The van der Waals surface area contributed by atoms with E-state index in [0.717, 1.165) is 13.0 Å². The molecule has 1 unspecified atom stereocenters. The second kappa shape index (κ2) is 9.21. The number of hydrogen-bond donors (Lipinski definition) is 2. The van der Waals surface area contributed by atoms with Gasteiger partial charge in [-0.05, 0) is 26.4 Å². The summed E-state index contributed by atoms with van der Waals surface area (Å²) < 4.78 is 0. The molecule has 0 saturated heterocycles. The second-order valence-corrected chi connectivity index (χ2v) is 4.24. The van der Waals surface area contributed by atoms with Crippen molar-refractivity contribution in [2.45, 2.75) is 26.3 Å². The third-order valence-electron chi connectivity index (χ3n) is 2.23. The highest BCUT2D eigenvalue weighted by atomic mass is 127. The quantitative estimate of drug-likeness (QED) is 0.452. The van der Waals surface area contributed by atoms with E-state index in [0.29, 0.717) is 17.9 Å². The van der Waals surface area contributed by atoms with E-state index in [-0.39, 0.29) is 24.0 Å². The fourth-order valence-corrected chi connectivity index (χ4v) is 1.32. The van der Waals surface area contributed by atoms with Crippen molar-refractivity contribution in [1.82, 2.24) is 10.2 Å². The van der Waals surface area contributed by atoms with E-state index in [1.165, 1.54) is 0 Å². The summed E-state index contributed by atoms with van der Waals surface area (Å²) in [5, 5.41) is 3.11. The number of aliphatic imine (C=N–C) groups is 1. The number of nitrogens with zero attached hydrogens (tertiary/aromatic N) is 2. The van der Waals surface area contributed by atoms with Crippen molar-refractivity contribution in [3.8, 4) is 0 Å². The number of rotatable bonds is 5. The van der Waals surface area contributed by atoms with Crippen LogP contribution in [0.4, 0.5) is 0 Å². The largest absolute Gasteiger partial charge is 0.370 e. The number of likely N-dealkylation sites (N-methyl/N-ethyl adjacent to an activating group) is 1. The number of halogens is 1. The van der Waals surface area contributed by atoms with Gasteiger partial charge >= 0.3 is 0 Å². The Labute approximate surface area is 111 Å². The summed E-state index contributed by atoms with van der Waals surface area (Å²) in [5.74, 6) is 1.21. The van der Waals surface area contributed by atoms with Crippen LogP contribution >= 0.6 is 24.0 Å². The van der Waals surface area contributed by atoms with Gasteiger partial charge in [-0.3, -0.25) is 4.99 Å². The molecule has 0 aliphatic heterocycles. The summed E-state index contributed by atoms with van der Waals surface area (Å²) in [4.78, 5) is 6.08. The summed E-state index contributed by atoms with van der Waals surface area (Å²) in [6.07, 6.45) is 1.16. The number of guanidine groups is 1. The van der Waals surface area contributed by atoms with Gasteiger partial charge in [0.05, 0.1) is 0 Å². The van der Waals surface area contributed by atoms with Crippen molar-refractivity contribution in [3.63, 3.8) is 0 Å². The Balaban J connectivity index is 0. The van der Waals surface area contributed by atoms with Crippen molar-refractivity contribution in [2.75, 3.05) is 27.7 Å². The Bertz CT molecular complexity index is 180. The molecule has 0 aliphatic carbocycles. The molecule has 0 heterocycles. The summed E-state index contributed by atoms with van der Waals surface area (Å²) in [7, 11) is 5.87. The lowest BCUT2D eigenvalue weighted by molar-refractivity contribution is 0.255. The van der Waals surface area contributed by atoms with Crippen molar-refractivity contribution in [1.29, 1.82) is 0 Å². The summed E-state index contributed by atoms with van der Waals surface area (Å²) in [5.41, 5.74) is 5.57. The monoisotopic (exact) mass is 328 g/mol. The molecule has 0 aromatic carbocycles. The minimum Gasteiger partial charge on any atom is -0.370 e. The van der Waals surface area contributed by atoms with Gasteiger partial charge in [0.1, 0.15) is 0 Å². The number of nitrogens with two attached hydrogens (primary N) is 1. The molecule has 0 radical (unpaired) electrons. The van der Waals surface area contributed by atoms with Gasteiger partial charge in [0, 0.05) is 19.6 Å². The molecule has 0 bridgehead atoms. The van der Waals surface area contributed by atoms with Crippen molar-refractivity contribution in [2.24, 2.45) is 16.6 Å². The first-order valence-electron chi connectivity index (χ1n) is 5.10. The SMILES string of the molecule is CN=C(N)NCC(CC(C)C)N(C)C.I. The first-order valence-corrected chi connectivity index (χ1v) is 5.10. The minimum atomic E-state index is 0. The van der Waals surface area contributed by atoms with Crippen LogP contribution in [0.15, 0.2) is 4.99 Å². The summed E-state index contributed by atoms with van der Waals surface area (Å²) >= 11 is 0. The molecule has 0 aliphatic rings. The van der Waals surface area contributed by atoms with E-state index in [4.69, 9.17) is 5.73 Å². The molecule has 92 valence electrons.